The lowest BCUT2D eigenvalue weighted by Gasteiger charge is -2.28. The maximum absolute atomic E-state index is 12.3. The lowest BCUT2D eigenvalue weighted by atomic mass is 10.1. The Labute approximate surface area is 166 Å². The Balaban J connectivity index is 1.57. The lowest BCUT2D eigenvalue weighted by molar-refractivity contribution is -0.146. The van der Waals surface area contributed by atoms with E-state index < -0.39 is 12.1 Å². The number of anilines is 1. The van der Waals surface area contributed by atoms with Crippen LogP contribution in [0, 0.1) is 0 Å². The first-order chi connectivity index (χ1) is 13.0. The molecule has 0 spiro atoms. The average molecular weight is 404 g/mol. The van der Waals surface area contributed by atoms with Gasteiger partial charge in [0.05, 0.1) is 17.9 Å². The van der Waals surface area contributed by atoms with Crippen LogP contribution in [0.5, 0.6) is 0 Å². The molecule has 2 aromatic carbocycles. The Kier molecular flexibility index (Phi) is 6.19. The van der Waals surface area contributed by atoms with Gasteiger partial charge in [-0.05, 0) is 43.3 Å². The van der Waals surface area contributed by atoms with Crippen LogP contribution < -0.4 is 4.90 Å². The van der Waals surface area contributed by atoms with Gasteiger partial charge in [0, 0.05) is 22.0 Å². The number of carbonyl (C=O) groups excluding carboxylic acids is 3. The number of thioether (sulfide) groups is 1. The van der Waals surface area contributed by atoms with Gasteiger partial charge < -0.3 is 9.64 Å². The summed E-state index contributed by atoms with van der Waals surface area (Å²) in [6, 6.07) is 14.0. The summed E-state index contributed by atoms with van der Waals surface area (Å²) in [5.74, 6) is -0.515. The number of ether oxygens (including phenoxy) is 1. The van der Waals surface area contributed by atoms with Gasteiger partial charge in [-0.3, -0.25) is 14.4 Å². The van der Waals surface area contributed by atoms with Gasteiger partial charge in [0.2, 0.25) is 11.7 Å². The summed E-state index contributed by atoms with van der Waals surface area (Å²) >= 11 is 7.30. The van der Waals surface area contributed by atoms with Gasteiger partial charge in [0.25, 0.3) is 0 Å². The number of hydrogen-bond donors (Lipinski definition) is 0. The zero-order valence-corrected chi connectivity index (χ0v) is 16.3. The monoisotopic (exact) mass is 403 g/mol. The third-order valence-corrected chi connectivity index (χ3v) is 5.45. The van der Waals surface area contributed by atoms with Gasteiger partial charge in [-0.15, -0.1) is 11.8 Å². The van der Waals surface area contributed by atoms with E-state index in [1.807, 2.05) is 24.3 Å². The van der Waals surface area contributed by atoms with E-state index >= 15 is 0 Å². The highest BCUT2D eigenvalue weighted by Crippen LogP contribution is 2.34. The molecule has 0 aromatic heterocycles. The number of benzene rings is 2. The third-order valence-electron chi connectivity index (χ3n) is 4.15. The predicted molar refractivity (Wildman–Crippen MR) is 105 cm³/mol. The largest absolute Gasteiger partial charge is 0.454 e. The second-order valence-corrected chi connectivity index (χ2v) is 7.51. The molecule has 3 rings (SSSR count). The van der Waals surface area contributed by atoms with E-state index in [2.05, 4.69) is 0 Å². The molecule has 0 N–H and O–H groups in total. The Morgan fingerprint density at radius 1 is 1.19 bits per heavy atom. The van der Waals surface area contributed by atoms with Crippen molar-refractivity contribution in [3.63, 3.8) is 0 Å². The molecule has 140 valence electrons. The standard InChI is InChI=1S/C20H18ClNO4S/c1-13(20(25)14-6-8-15(21)9-7-14)26-19(24)10-11-22-16-4-2-3-5-17(16)27-12-18(22)23/h2-9,13H,10-12H2,1H3/t13-/m0/s1. The number of amides is 1. The number of hydrogen-bond acceptors (Lipinski definition) is 5. The van der Waals surface area contributed by atoms with E-state index in [1.54, 1.807) is 29.2 Å². The molecule has 7 heteroatoms. The maximum Gasteiger partial charge on any atom is 0.308 e. The number of esters is 1. The fraction of sp³-hybridized carbons (Fsp3) is 0.250. The van der Waals surface area contributed by atoms with Crippen molar-refractivity contribution in [3.05, 3.63) is 59.1 Å². The molecule has 1 amide bonds. The Morgan fingerprint density at radius 2 is 1.89 bits per heavy atom. The number of rotatable bonds is 6. The van der Waals surface area contributed by atoms with Crippen LogP contribution in [-0.2, 0) is 14.3 Å². The fourth-order valence-corrected chi connectivity index (χ4v) is 3.82. The van der Waals surface area contributed by atoms with E-state index in [4.69, 9.17) is 16.3 Å². The molecule has 1 heterocycles. The predicted octanol–water partition coefficient (Wildman–Crippen LogP) is 3.98. The highest BCUT2D eigenvalue weighted by Gasteiger charge is 2.26. The average Bonchev–Trinajstić information content (AvgIpc) is 2.67. The Hall–Kier alpha value is -2.31. The van der Waals surface area contributed by atoms with Crippen molar-refractivity contribution < 1.29 is 19.1 Å². The molecule has 27 heavy (non-hydrogen) atoms. The van der Waals surface area contributed by atoms with Crippen molar-refractivity contribution in [2.75, 3.05) is 17.2 Å². The van der Waals surface area contributed by atoms with E-state index in [0.29, 0.717) is 16.3 Å². The smallest absolute Gasteiger partial charge is 0.308 e. The van der Waals surface area contributed by atoms with E-state index in [0.717, 1.165) is 10.6 Å². The molecule has 1 aliphatic heterocycles. The van der Waals surface area contributed by atoms with E-state index in [9.17, 15) is 14.4 Å². The summed E-state index contributed by atoms with van der Waals surface area (Å²) < 4.78 is 5.25. The molecule has 0 bridgehead atoms. The quantitative estimate of drug-likeness (QED) is 0.539. The molecule has 1 atom stereocenters. The summed E-state index contributed by atoms with van der Waals surface area (Å²) in [7, 11) is 0. The molecule has 0 unspecified atom stereocenters. The van der Waals surface area contributed by atoms with Crippen LogP contribution in [0.15, 0.2) is 53.4 Å². The Bertz CT molecular complexity index is 869. The van der Waals surface area contributed by atoms with Crippen LogP contribution in [0.25, 0.3) is 0 Å². The first-order valence-corrected chi connectivity index (χ1v) is 9.83. The number of carbonyl (C=O) groups is 3. The van der Waals surface area contributed by atoms with Crippen molar-refractivity contribution in [2.45, 2.75) is 24.3 Å². The number of fused-ring (bicyclic) bond motifs is 1. The lowest BCUT2D eigenvalue weighted by Crippen LogP contribution is -2.37. The molecular weight excluding hydrogens is 386 g/mol. The minimum atomic E-state index is -0.904. The summed E-state index contributed by atoms with van der Waals surface area (Å²) in [6.45, 7) is 1.75. The third kappa shape index (κ3) is 4.70. The van der Waals surface area contributed by atoms with Gasteiger partial charge in [0.1, 0.15) is 0 Å². The summed E-state index contributed by atoms with van der Waals surface area (Å²) in [6.07, 6.45) is -0.887. The maximum atomic E-state index is 12.3. The minimum absolute atomic E-state index is 0.0168. The van der Waals surface area contributed by atoms with E-state index in [-0.39, 0.29) is 24.7 Å². The fourth-order valence-electron chi connectivity index (χ4n) is 2.76. The topological polar surface area (TPSA) is 63.7 Å². The molecule has 0 aliphatic carbocycles. The second-order valence-electron chi connectivity index (χ2n) is 6.06. The second kappa shape index (κ2) is 8.59. The zero-order chi connectivity index (χ0) is 19.4. The van der Waals surface area contributed by atoms with Crippen molar-refractivity contribution in [2.24, 2.45) is 0 Å². The number of nitrogens with zero attached hydrogens (tertiary/aromatic N) is 1. The summed E-state index contributed by atoms with van der Waals surface area (Å²) in [4.78, 5) is 39.3. The van der Waals surface area contributed by atoms with Gasteiger partial charge in [0.15, 0.2) is 6.10 Å². The van der Waals surface area contributed by atoms with Gasteiger partial charge in [-0.25, -0.2) is 0 Å². The molecule has 0 saturated carbocycles. The van der Waals surface area contributed by atoms with Crippen molar-refractivity contribution in [1.82, 2.24) is 0 Å². The molecule has 0 fully saturated rings. The van der Waals surface area contributed by atoms with E-state index in [1.165, 1.54) is 18.7 Å². The van der Waals surface area contributed by atoms with Crippen LogP contribution >= 0.6 is 23.4 Å². The van der Waals surface area contributed by atoms with Gasteiger partial charge >= 0.3 is 5.97 Å². The van der Waals surface area contributed by atoms with Gasteiger partial charge in [-0.1, -0.05) is 23.7 Å². The highest BCUT2D eigenvalue weighted by molar-refractivity contribution is 8.00. The molecule has 0 saturated heterocycles. The normalized spacial score (nSPS) is 14.4. The number of halogens is 1. The van der Waals surface area contributed by atoms with Crippen LogP contribution in [-0.4, -0.2) is 36.1 Å². The van der Waals surface area contributed by atoms with Crippen molar-refractivity contribution in [1.29, 1.82) is 0 Å². The van der Waals surface area contributed by atoms with Crippen LogP contribution in [0.1, 0.15) is 23.7 Å². The first-order valence-electron chi connectivity index (χ1n) is 8.47. The summed E-state index contributed by atoms with van der Waals surface area (Å²) in [5.41, 5.74) is 1.23. The number of ketones is 1. The van der Waals surface area contributed by atoms with Crippen LogP contribution in [0.4, 0.5) is 5.69 Å². The molecule has 5 nitrogen and oxygen atoms in total. The number of Topliss-reactive ketones (excluding diaryl/α,β-unsaturated/α-hetero) is 1. The highest BCUT2D eigenvalue weighted by atomic mass is 35.5. The van der Waals surface area contributed by atoms with Crippen molar-refractivity contribution >= 4 is 46.7 Å². The molecule has 0 radical (unpaired) electrons. The summed E-state index contributed by atoms with van der Waals surface area (Å²) in [5, 5.41) is 0.529. The number of para-hydroxylation sites is 1. The van der Waals surface area contributed by atoms with Crippen LogP contribution in [0.3, 0.4) is 0 Å². The minimum Gasteiger partial charge on any atom is -0.454 e. The Morgan fingerprint density at radius 3 is 2.63 bits per heavy atom. The zero-order valence-electron chi connectivity index (χ0n) is 14.7. The molecule has 1 aliphatic rings. The SMILES string of the molecule is C[C@H](OC(=O)CCN1C(=O)CSc2ccccc21)C(=O)c1ccc(Cl)cc1. The van der Waals surface area contributed by atoms with Crippen molar-refractivity contribution in [3.8, 4) is 0 Å². The first kappa shape index (κ1) is 19.5. The molecular formula is C20H18ClNO4S. The van der Waals surface area contributed by atoms with Gasteiger partial charge in [-0.2, -0.15) is 0 Å². The molecule has 2 aromatic rings. The van der Waals surface area contributed by atoms with Crippen LogP contribution in [0.2, 0.25) is 5.02 Å².